The van der Waals surface area contributed by atoms with Crippen molar-refractivity contribution in [3.8, 4) is 17.0 Å². The highest BCUT2D eigenvalue weighted by molar-refractivity contribution is 7.14. The summed E-state index contributed by atoms with van der Waals surface area (Å²) in [5.74, 6) is 0.674. The molecule has 7 nitrogen and oxygen atoms in total. The number of benzene rings is 1. The zero-order valence-electron chi connectivity index (χ0n) is 16.0. The topological polar surface area (TPSA) is 81.1 Å². The normalized spacial score (nSPS) is 11.5. The van der Waals surface area contributed by atoms with E-state index in [4.69, 9.17) is 4.74 Å². The maximum atomic E-state index is 12.6. The maximum absolute atomic E-state index is 12.6. The fourth-order valence-corrected chi connectivity index (χ4v) is 3.34. The number of thiazole rings is 1. The van der Waals surface area contributed by atoms with Crippen molar-refractivity contribution in [2.45, 2.75) is 19.4 Å². The first-order valence-corrected chi connectivity index (χ1v) is 9.64. The number of halogens is 1. The molecule has 2 N–H and O–H groups in total. The van der Waals surface area contributed by atoms with Crippen molar-refractivity contribution in [2.75, 3.05) is 19.0 Å². The SMILES string of the molecule is CCCOc1ccc(-c2csc(NC(=O)C(NC)c3cnn(C)c3)n2)cc1.Cl. The quantitative estimate of drug-likeness (QED) is 0.580. The molecular formula is C19H24ClN5O2S. The first-order valence-electron chi connectivity index (χ1n) is 8.76. The van der Waals surface area contributed by atoms with Gasteiger partial charge in [0.1, 0.15) is 11.8 Å². The average molecular weight is 422 g/mol. The molecule has 0 aliphatic rings. The number of aromatic nitrogens is 3. The molecule has 0 fully saturated rings. The summed E-state index contributed by atoms with van der Waals surface area (Å²) in [6, 6.07) is 7.32. The van der Waals surface area contributed by atoms with Crippen molar-refractivity contribution in [1.82, 2.24) is 20.1 Å². The van der Waals surface area contributed by atoms with Gasteiger partial charge in [0.05, 0.1) is 18.5 Å². The molecule has 3 aromatic rings. The molecule has 3 rings (SSSR count). The molecule has 2 aromatic heterocycles. The Kier molecular flexibility index (Phi) is 7.98. The zero-order chi connectivity index (χ0) is 19.2. The third-order valence-electron chi connectivity index (χ3n) is 3.97. The second-order valence-corrected chi connectivity index (χ2v) is 6.93. The molecule has 0 saturated heterocycles. The number of likely N-dealkylation sites (N-methyl/N-ethyl adjacent to an activating group) is 1. The summed E-state index contributed by atoms with van der Waals surface area (Å²) in [7, 11) is 3.56. The molecule has 0 aliphatic heterocycles. The van der Waals surface area contributed by atoms with Crippen LogP contribution in [0.15, 0.2) is 42.0 Å². The number of carbonyl (C=O) groups excluding carboxylic acids is 1. The van der Waals surface area contributed by atoms with E-state index in [2.05, 4.69) is 27.6 Å². The Bertz CT molecular complexity index is 894. The highest BCUT2D eigenvalue weighted by Gasteiger charge is 2.21. The lowest BCUT2D eigenvalue weighted by Gasteiger charge is -2.13. The van der Waals surface area contributed by atoms with Gasteiger partial charge in [0.2, 0.25) is 5.91 Å². The van der Waals surface area contributed by atoms with Crippen LogP contribution in [0, 0.1) is 0 Å². The lowest BCUT2D eigenvalue weighted by Crippen LogP contribution is -2.30. The number of amides is 1. The van der Waals surface area contributed by atoms with Gasteiger partial charge >= 0.3 is 0 Å². The van der Waals surface area contributed by atoms with E-state index in [-0.39, 0.29) is 18.3 Å². The summed E-state index contributed by atoms with van der Waals surface area (Å²) < 4.78 is 7.27. The third kappa shape index (κ3) is 5.31. The van der Waals surface area contributed by atoms with Gasteiger partial charge in [-0.3, -0.25) is 9.48 Å². The van der Waals surface area contributed by atoms with Crippen molar-refractivity contribution in [3.05, 3.63) is 47.6 Å². The van der Waals surface area contributed by atoms with Gasteiger partial charge in [0.25, 0.3) is 0 Å². The van der Waals surface area contributed by atoms with Gasteiger partial charge in [-0.05, 0) is 37.7 Å². The number of hydrogen-bond donors (Lipinski definition) is 2. The molecule has 0 aliphatic carbocycles. The number of carbonyl (C=O) groups is 1. The van der Waals surface area contributed by atoms with Crippen molar-refractivity contribution < 1.29 is 9.53 Å². The van der Waals surface area contributed by atoms with Gasteiger partial charge in [-0.15, -0.1) is 23.7 Å². The molecular weight excluding hydrogens is 398 g/mol. The fourth-order valence-electron chi connectivity index (χ4n) is 2.62. The van der Waals surface area contributed by atoms with Crippen LogP contribution in [-0.4, -0.2) is 34.3 Å². The van der Waals surface area contributed by atoms with Crippen LogP contribution in [0.4, 0.5) is 5.13 Å². The van der Waals surface area contributed by atoms with E-state index in [0.717, 1.165) is 29.0 Å². The number of nitrogens with zero attached hydrogens (tertiary/aromatic N) is 3. The molecule has 1 unspecified atom stereocenters. The van der Waals surface area contributed by atoms with Crippen LogP contribution < -0.4 is 15.4 Å². The second kappa shape index (κ2) is 10.2. The number of rotatable bonds is 8. The summed E-state index contributed by atoms with van der Waals surface area (Å²) in [6.45, 7) is 2.78. The largest absolute Gasteiger partial charge is 0.494 e. The predicted molar refractivity (Wildman–Crippen MR) is 114 cm³/mol. The fraction of sp³-hybridized carbons (Fsp3) is 0.316. The van der Waals surface area contributed by atoms with E-state index < -0.39 is 6.04 Å². The van der Waals surface area contributed by atoms with Gasteiger partial charge in [0.15, 0.2) is 5.13 Å². The van der Waals surface area contributed by atoms with E-state index in [1.54, 1.807) is 17.9 Å². The monoisotopic (exact) mass is 421 g/mol. The summed E-state index contributed by atoms with van der Waals surface area (Å²) in [4.78, 5) is 17.1. The lowest BCUT2D eigenvalue weighted by atomic mass is 10.1. The Morgan fingerprint density at radius 2 is 2.07 bits per heavy atom. The molecule has 1 amide bonds. The molecule has 0 radical (unpaired) electrons. The molecule has 0 bridgehead atoms. The van der Waals surface area contributed by atoms with E-state index in [0.29, 0.717) is 11.7 Å². The third-order valence-corrected chi connectivity index (χ3v) is 4.72. The van der Waals surface area contributed by atoms with Gasteiger partial charge in [0, 0.05) is 29.8 Å². The van der Waals surface area contributed by atoms with Crippen LogP contribution in [-0.2, 0) is 11.8 Å². The van der Waals surface area contributed by atoms with Gasteiger partial charge < -0.3 is 15.4 Å². The number of nitrogens with one attached hydrogen (secondary N) is 2. The minimum atomic E-state index is -0.485. The van der Waals surface area contributed by atoms with Gasteiger partial charge in [-0.25, -0.2) is 4.98 Å². The lowest BCUT2D eigenvalue weighted by molar-refractivity contribution is -0.118. The number of ether oxygens (including phenoxy) is 1. The van der Waals surface area contributed by atoms with Crippen LogP contribution in [0.25, 0.3) is 11.3 Å². The van der Waals surface area contributed by atoms with Crippen molar-refractivity contribution in [2.24, 2.45) is 7.05 Å². The van der Waals surface area contributed by atoms with E-state index in [1.807, 2.05) is 42.9 Å². The Hall–Kier alpha value is -2.42. The predicted octanol–water partition coefficient (Wildman–Crippen LogP) is 3.65. The molecule has 9 heteroatoms. The average Bonchev–Trinajstić information content (AvgIpc) is 3.30. The summed E-state index contributed by atoms with van der Waals surface area (Å²) in [5.41, 5.74) is 2.60. The van der Waals surface area contributed by atoms with Crippen molar-refractivity contribution >= 4 is 34.8 Å². The van der Waals surface area contributed by atoms with Crippen LogP contribution in [0.1, 0.15) is 24.9 Å². The van der Waals surface area contributed by atoms with Crippen LogP contribution in [0.5, 0.6) is 5.75 Å². The molecule has 150 valence electrons. The van der Waals surface area contributed by atoms with Crippen LogP contribution in [0.2, 0.25) is 0 Å². The molecule has 1 atom stereocenters. The van der Waals surface area contributed by atoms with Crippen molar-refractivity contribution in [3.63, 3.8) is 0 Å². The summed E-state index contributed by atoms with van der Waals surface area (Å²) in [6.07, 6.45) is 4.47. The number of aryl methyl sites for hydroxylation is 1. The Balaban J connectivity index is 0.00000280. The Morgan fingerprint density at radius 1 is 1.32 bits per heavy atom. The standard InChI is InChI=1S/C19H23N5O2S.ClH/c1-4-9-26-15-7-5-13(6-8-15)16-12-27-19(22-16)23-18(25)17(20-2)14-10-21-24(3)11-14;/h5-8,10-12,17,20H,4,9H2,1-3H3,(H,22,23,25);1H. The van der Waals surface area contributed by atoms with Gasteiger partial charge in [-0.1, -0.05) is 6.92 Å². The van der Waals surface area contributed by atoms with E-state index in [1.165, 1.54) is 11.3 Å². The first-order chi connectivity index (χ1) is 13.1. The first kappa shape index (κ1) is 21.9. The number of hydrogen-bond acceptors (Lipinski definition) is 6. The highest BCUT2D eigenvalue weighted by atomic mass is 35.5. The maximum Gasteiger partial charge on any atom is 0.247 e. The second-order valence-electron chi connectivity index (χ2n) is 6.07. The molecule has 0 saturated carbocycles. The zero-order valence-corrected chi connectivity index (χ0v) is 17.6. The van der Waals surface area contributed by atoms with Crippen LogP contribution in [0.3, 0.4) is 0 Å². The van der Waals surface area contributed by atoms with Gasteiger partial charge in [-0.2, -0.15) is 5.10 Å². The Labute approximate surface area is 174 Å². The minimum Gasteiger partial charge on any atom is -0.494 e. The molecule has 0 spiro atoms. The smallest absolute Gasteiger partial charge is 0.247 e. The van der Waals surface area contributed by atoms with E-state index >= 15 is 0 Å². The Morgan fingerprint density at radius 3 is 2.68 bits per heavy atom. The summed E-state index contributed by atoms with van der Waals surface area (Å²) >= 11 is 1.40. The molecule has 28 heavy (non-hydrogen) atoms. The van der Waals surface area contributed by atoms with Crippen molar-refractivity contribution in [1.29, 1.82) is 0 Å². The summed E-state index contributed by atoms with van der Waals surface area (Å²) in [5, 5.41) is 12.5. The van der Waals surface area contributed by atoms with Crippen LogP contribution >= 0.6 is 23.7 Å². The highest BCUT2D eigenvalue weighted by Crippen LogP contribution is 2.27. The number of anilines is 1. The minimum absolute atomic E-state index is 0. The molecule has 2 heterocycles. The van der Waals surface area contributed by atoms with E-state index in [9.17, 15) is 4.79 Å². The molecule has 1 aromatic carbocycles.